The van der Waals surface area contributed by atoms with Crippen LogP contribution in [0.15, 0.2) is 24.3 Å². The normalized spacial score (nSPS) is 30.3. The largest absolute Gasteiger partial charge is 0.310 e. The first-order valence-corrected chi connectivity index (χ1v) is 6.14. The first-order valence-electron chi connectivity index (χ1n) is 6.14. The quantitative estimate of drug-likeness (QED) is 0.806. The molecule has 0 aromatic heterocycles. The van der Waals surface area contributed by atoms with Gasteiger partial charge in [-0.2, -0.15) is 0 Å². The van der Waals surface area contributed by atoms with Crippen molar-refractivity contribution in [1.82, 2.24) is 5.32 Å². The highest BCUT2D eigenvalue weighted by Gasteiger charge is 2.39. The Morgan fingerprint density at radius 3 is 2.69 bits per heavy atom. The summed E-state index contributed by atoms with van der Waals surface area (Å²) in [5, 5.41) is 3.38. The Kier molecular flexibility index (Phi) is 3.29. The molecule has 2 atom stereocenters. The lowest BCUT2D eigenvalue weighted by atomic mass is 9.69. The molecule has 0 heterocycles. The highest BCUT2D eigenvalue weighted by Crippen LogP contribution is 2.41. The number of hydrogen-bond donors (Lipinski definition) is 1. The maximum Gasteiger partial charge on any atom is 0.128 e. The van der Waals surface area contributed by atoms with E-state index in [1.165, 1.54) is 19.3 Å². The Hall–Kier alpha value is -0.890. The minimum atomic E-state index is -0.163. The Labute approximate surface area is 97.1 Å². The Morgan fingerprint density at radius 2 is 2.06 bits per heavy atom. The van der Waals surface area contributed by atoms with E-state index in [4.69, 9.17) is 0 Å². The number of rotatable bonds is 2. The molecule has 2 heteroatoms. The highest BCUT2D eigenvalue weighted by atomic mass is 19.1. The van der Waals surface area contributed by atoms with Gasteiger partial charge in [-0.1, -0.05) is 38.0 Å². The highest BCUT2D eigenvalue weighted by molar-refractivity contribution is 5.27. The van der Waals surface area contributed by atoms with Crippen molar-refractivity contribution < 1.29 is 4.39 Å². The molecule has 0 bridgehead atoms. The summed E-state index contributed by atoms with van der Waals surface area (Å²) < 4.78 is 13.9. The third-order valence-electron chi connectivity index (χ3n) is 4.10. The lowest BCUT2D eigenvalue weighted by Gasteiger charge is -2.43. The predicted octanol–water partition coefficient (Wildman–Crippen LogP) is 3.45. The van der Waals surface area contributed by atoms with Gasteiger partial charge in [-0.05, 0) is 31.9 Å². The van der Waals surface area contributed by atoms with E-state index in [2.05, 4.69) is 12.2 Å². The van der Waals surface area contributed by atoms with E-state index in [9.17, 15) is 4.39 Å². The van der Waals surface area contributed by atoms with Crippen molar-refractivity contribution in [3.63, 3.8) is 0 Å². The van der Waals surface area contributed by atoms with Crippen LogP contribution in [0.3, 0.4) is 0 Å². The minimum Gasteiger partial charge on any atom is -0.310 e. The molecule has 1 aromatic rings. The third kappa shape index (κ3) is 1.75. The van der Waals surface area contributed by atoms with Crippen molar-refractivity contribution in [2.75, 3.05) is 7.05 Å². The lowest BCUT2D eigenvalue weighted by Crippen LogP contribution is -2.48. The van der Waals surface area contributed by atoms with Crippen molar-refractivity contribution in [2.45, 2.75) is 38.1 Å². The first-order chi connectivity index (χ1) is 7.70. The molecule has 0 amide bonds. The maximum atomic E-state index is 13.9. The zero-order valence-corrected chi connectivity index (χ0v) is 10.1. The molecule has 0 saturated heterocycles. The van der Waals surface area contributed by atoms with Crippen LogP contribution in [0.4, 0.5) is 4.39 Å². The van der Waals surface area contributed by atoms with Crippen LogP contribution in [0.2, 0.25) is 0 Å². The Morgan fingerprint density at radius 1 is 1.31 bits per heavy atom. The molecule has 1 nitrogen and oxygen atoms in total. The molecule has 1 aliphatic rings. The van der Waals surface area contributed by atoms with E-state index in [-0.39, 0.29) is 11.4 Å². The number of hydrogen-bond acceptors (Lipinski definition) is 1. The number of benzene rings is 1. The maximum absolute atomic E-state index is 13.9. The Balaban J connectivity index is 2.44. The van der Waals surface area contributed by atoms with Crippen molar-refractivity contribution in [3.05, 3.63) is 35.6 Å². The molecule has 16 heavy (non-hydrogen) atoms. The topological polar surface area (TPSA) is 12.0 Å². The molecule has 1 saturated carbocycles. The van der Waals surface area contributed by atoms with Gasteiger partial charge in [0.1, 0.15) is 5.82 Å². The van der Waals surface area contributed by atoms with Gasteiger partial charge in [0, 0.05) is 11.1 Å². The van der Waals surface area contributed by atoms with Crippen LogP contribution in [0.5, 0.6) is 0 Å². The fraction of sp³-hybridized carbons (Fsp3) is 0.571. The number of nitrogens with one attached hydrogen (secondary N) is 1. The summed E-state index contributed by atoms with van der Waals surface area (Å²) in [6, 6.07) is 7.18. The van der Waals surface area contributed by atoms with Crippen LogP contribution in [0.1, 0.15) is 38.2 Å². The smallest absolute Gasteiger partial charge is 0.128 e. The van der Waals surface area contributed by atoms with Gasteiger partial charge < -0.3 is 5.32 Å². The van der Waals surface area contributed by atoms with Crippen LogP contribution >= 0.6 is 0 Å². The van der Waals surface area contributed by atoms with Crippen LogP contribution in [-0.2, 0) is 5.54 Å². The molecule has 88 valence electrons. The summed E-state index contributed by atoms with van der Waals surface area (Å²) in [6.07, 6.45) is 4.65. The summed E-state index contributed by atoms with van der Waals surface area (Å²) in [5.74, 6) is 0.411. The van der Waals surface area contributed by atoms with Gasteiger partial charge in [-0.3, -0.25) is 0 Å². The molecule has 0 aliphatic heterocycles. The van der Waals surface area contributed by atoms with E-state index in [1.54, 1.807) is 12.1 Å². The average Bonchev–Trinajstić information content (AvgIpc) is 2.31. The van der Waals surface area contributed by atoms with Gasteiger partial charge in [0.2, 0.25) is 0 Å². The molecule has 1 aromatic carbocycles. The van der Waals surface area contributed by atoms with Crippen molar-refractivity contribution >= 4 is 0 Å². The molecule has 1 aliphatic carbocycles. The summed E-state index contributed by atoms with van der Waals surface area (Å²) >= 11 is 0. The van der Waals surface area contributed by atoms with Crippen LogP contribution < -0.4 is 5.32 Å². The van der Waals surface area contributed by atoms with Crippen molar-refractivity contribution in [3.8, 4) is 0 Å². The molecule has 1 N–H and O–H groups in total. The van der Waals surface area contributed by atoms with E-state index in [1.807, 2.05) is 19.2 Å². The molecule has 1 unspecified atom stereocenters. The SMILES string of the molecule is CN[C@@]1(c2ccccc2F)CCCCC1C. The minimum absolute atomic E-state index is 0.0781. The predicted molar refractivity (Wildman–Crippen MR) is 64.8 cm³/mol. The summed E-state index contributed by atoms with van der Waals surface area (Å²) in [7, 11) is 1.95. The van der Waals surface area contributed by atoms with E-state index >= 15 is 0 Å². The van der Waals surface area contributed by atoms with Gasteiger partial charge in [0.05, 0.1) is 0 Å². The molecule has 1 fully saturated rings. The summed E-state index contributed by atoms with van der Waals surface area (Å²) in [4.78, 5) is 0. The standard InChI is InChI=1S/C14H20FN/c1-11-7-5-6-10-14(11,16-2)12-8-3-4-9-13(12)15/h3-4,8-9,11,16H,5-7,10H2,1-2H3/t11?,14-/m0/s1. The van der Waals surface area contributed by atoms with Crippen LogP contribution in [-0.4, -0.2) is 7.05 Å². The summed E-state index contributed by atoms with van der Waals surface area (Å²) in [5.41, 5.74) is 0.675. The Bertz CT molecular complexity index is 364. The van der Waals surface area contributed by atoms with Gasteiger partial charge in [-0.25, -0.2) is 4.39 Å². The lowest BCUT2D eigenvalue weighted by molar-refractivity contribution is 0.160. The zero-order chi connectivity index (χ0) is 11.6. The second-order valence-electron chi connectivity index (χ2n) is 4.85. The van der Waals surface area contributed by atoms with Gasteiger partial charge >= 0.3 is 0 Å². The zero-order valence-electron chi connectivity index (χ0n) is 10.1. The van der Waals surface area contributed by atoms with Crippen molar-refractivity contribution in [2.24, 2.45) is 5.92 Å². The third-order valence-corrected chi connectivity index (χ3v) is 4.10. The molecular weight excluding hydrogens is 201 g/mol. The van der Waals surface area contributed by atoms with E-state index in [0.717, 1.165) is 12.0 Å². The summed E-state index contributed by atoms with van der Waals surface area (Å²) in [6.45, 7) is 2.22. The molecule has 0 radical (unpaired) electrons. The monoisotopic (exact) mass is 221 g/mol. The van der Waals surface area contributed by atoms with E-state index < -0.39 is 0 Å². The van der Waals surface area contributed by atoms with Crippen LogP contribution in [0, 0.1) is 11.7 Å². The van der Waals surface area contributed by atoms with Gasteiger partial charge in [0.25, 0.3) is 0 Å². The number of halogens is 1. The fourth-order valence-electron chi connectivity index (χ4n) is 3.08. The van der Waals surface area contributed by atoms with Gasteiger partial charge in [0.15, 0.2) is 0 Å². The molecule has 2 rings (SSSR count). The average molecular weight is 221 g/mol. The second-order valence-corrected chi connectivity index (χ2v) is 4.85. The second kappa shape index (κ2) is 4.54. The van der Waals surface area contributed by atoms with Gasteiger partial charge in [-0.15, -0.1) is 0 Å². The van der Waals surface area contributed by atoms with Crippen LogP contribution in [0.25, 0.3) is 0 Å². The van der Waals surface area contributed by atoms with E-state index in [0.29, 0.717) is 5.92 Å². The molecule has 0 spiro atoms. The fourth-order valence-corrected chi connectivity index (χ4v) is 3.08. The van der Waals surface area contributed by atoms with Crippen molar-refractivity contribution in [1.29, 1.82) is 0 Å². The molecular formula is C14H20FN. The first kappa shape index (κ1) is 11.6.